The van der Waals surface area contributed by atoms with Crippen molar-refractivity contribution in [3.63, 3.8) is 0 Å². The van der Waals surface area contributed by atoms with Gasteiger partial charge >= 0.3 is 0 Å². The van der Waals surface area contributed by atoms with Gasteiger partial charge in [-0.25, -0.2) is 8.78 Å². The van der Waals surface area contributed by atoms with Crippen LogP contribution in [0.5, 0.6) is 0 Å². The molecule has 102 valence electrons. The molecule has 19 heavy (non-hydrogen) atoms. The molecule has 0 spiro atoms. The van der Waals surface area contributed by atoms with Crippen molar-refractivity contribution in [1.82, 2.24) is 10.1 Å². The summed E-state index contributed by atoms with van der Waals surface area (Å²) in [6, 6.07) is 3.26. The van der Waals surface area contributed by atoms with E-state index in [0.717, 1.165) is 12.1 Å². The molecule has 1 aromatic heterocycles. The van der Waals surface area contributed by atoms with E-state index >= 15 is 0 Å². The normalized spacial score (nSPS) is 12.6. The molecule has 7 heteroatoms. The zero-order chi connectivity index (χ0) is 13.8. The molecule has 2 rings (SSSR count). The minimum atomic E-state index is -0.927. The summed E-state index contributed by atoms with van der Waals surface area (Å²) in [7, 11) is 0. The predicted molar refractivity (Wildman–Crippen MR) is 62.1 cm³/mol. The summed E-state index contributed by atoms with van der Waals surface area (Å²) in [6.07, 6.45) is -0.568. The van der Waals surface area contributed by atoms with Gasteiger partial charge < -0.3 is 15.4 Å². The summed E-state index contributed by atoms with van der Waals surface area (Å²) >= 11 is 0. The fourth-order valence-electron chi connectivity index (χ4n) is 1.59. The number of hydrogen-bond donors (Lipinski definition) is 2. The molecule has 0 aliphatic heterocycles. The largest absolute Gasteiger partial charge is 0.383 e. The summed E-state index contributed by atoms with van der Waals surface area (Å²) in [5.41, 5.74) is 5.55. The maximum atomic E-state index is 13.4. The third-order valence-electron chi connectivity index (χ3n) is 2.57. The van der Waals surface area contributed by atoms with Crippen LogP contribution in [0.4, 0.5) is 8.78 Å². The van der Waals surface area contributed by atoms with Crippen LogP contribution in [0.1, 0.15) is 29.8 Å². The lowest BCUT2D eigenvalue weighted by atomic mass is 10.1. The molecule has 1 unspecified atom stereocenters. The fourth-order valence-corrected chi connectivity index (χ4v) is 1.59. The summed E-state index contributed by atoms with van der Waals surface area (Å²) in [5, 5.41) is 13.2. The van der Waals surface area contributed by atoms with Gasteiger partial charge in [-0.3, -0.25) is 0 Å². The molecule has 0 saturated heterocycles. The lowest BCUT2D eigenvalue weighted by molar-refractivity contribution is 0.127. The minimum Gasteiger partial charge on any atom is -0.383 e. The van der Waals surface area contributed by atoms with Crippen LogP contribution in [-0.4, -0.2) is 21.8 Å². The summed E-state index contributed by atoms with van der Waals surface area (Å²) in [6.45, 7) is 0.283. The van der Waals surface area contributed by atoms with Gasteiger partial charge in [-0.1, -0.05) is 11.2 Å². The fraction of sp³-hybridized carbons (Fsp3) is 0.333. The van der Waals surface area contributed by atoms with Gasteiger partial charge in [-0.05, 0) is 24.6 Å². The number of halogens is 2. The molecule has 1 heterocycles. The second kappa shape index (κ2) is 5.85. The van der Waals surface area contributed by atoms with Crippen LogP contribution in [0.25, 0.3) is 0 Å². The number of nitrogens with zero attached hydrogens (tertiary/aromatic N) is 2. The van der Waals surface area contributed by atoms with Crippen LogP contribution in [0.2, 0.25) is 0 Å². The second-order valence-electron chi connectivity index (χ2n) is 4.05. The van der Waals surface area contributed by atoms with Gasteiger partial charge in [0.05, 0.1) is 0 Å². The van der Waals surface area contributed by atoms with E-state index in [9.17, 15) is 13.9 Å². The number of nitrogens with two attached hydrogens (primary N) is 1. The van der Waals surface area contributed by atoms with Crippen LogP contribution in [-0.2, 0) is 6.42 Å². The Labute approximate surface area is 108 Å². The first-order valence-electron chi connectivity index (χ1n) is 5.74. The molecule has 1 aromatic carbocycles. The Balaban J connectivity index is 2.11. The first kappa shape index (κ1) is 13.6. The second-order valence-corrected chi connectivity index (χ2v) is 4.05. The molecule has 0 aliphatic rings. The number of hydrogen-bond acceptors (Lipinski definition) is 5. The average Bonchev–Trinajstić information content (AvgIpc) is 2.82. The molecule has 0 bridgehead atoms. The van der Waals surface area contributed by atoms with Crippen LogP contribution < -0.4 is 5.73 Å². The van der Waals surface area contributed by atoms with E-state index in [1.807, 2.05) is 0 Å². The van der Waals surface area contributed by atoms with Gasteiger partial charge in [0, 0.05) is 12.5 Å². The third-order valence-corrected chi connectivity index (χ3v) is 2.57. The van der Waals surface area contributed by atoms with Crippen LogP contribution in [0.15, 0.2) is 22.7 Å². The van der Waals surface area contributed by atoms with Gasteiger partial charge in [0.15, 0.2) is 5.82 Å². The smallest absolute Gasteiger partial charge is 0.255 e. The van der Waals surface area contributed by atoms with E-state index in [2.05, 4.69) is 10.1 Å². The Morgan fingerprint density at radius 2 is 2.16 bits per heavy atom. The summed E-state index contributed by atoms with van der Waals surface area (Å²) in [4.78, 5) is 3.94. The standard InChI is InChI=1S/C12H13F2N3O2/c13-8-2-1-7(9(14)6-8)5-11-16-12(19-17-11)10(18)3-4-15/h1-2,6,10,18H,3-5,15H2. The molecule has 2 aromatic rings. The number of aromatic nitrogens is 2. The minimum absolute atomic E-state index is 0.0444. The molecular weight excluding hydrogens is 256 g/mol. The number of aliphatic hydroxyl groups is 1. The van der Waals surface area contributed by atoms with E-state index in [0.29, 0.717) is 6.42 Å². The Morgan fingerprint density at radius 1 is 1.37 bits per heavy atom. The summed E-state index contributed by atoms with van der Waals surface area (Å²) < 4.78 is 31.0. The van der Waals surface area contributed by atoms with Crippen LogP contribution >= 0.6 is 0 Å². The van der Waals surface area contributed by atoms with E-state index in [1.165, 1.54) is 6.07 Å². The number of aliphatic hydroxyl groups excluding tert-OH is 1. The Morgan fingerprint density at radius 3 is 2.84 bits per heavy atom. The predicted octanol–water partition coefficient (Wildman–Crippen LogP) is 1.32. The average molecular weight is 269 g/mol. The molecule has 3 N–H and O–H groups in total. The first-order valence-corrected chi connectivity index (χ1v) is 5.74. The Bertz CT molecular complexity index is 560. The SMILES string of the molecule is NCCC(O)c1nc(Cc2ccc(F)cc2F)no1. The van der Waals surface area contributed by atoms with Gasteiger partial charge in [0.25, 0.3) is 5.89 Å². The van der Waals surface area contributed by atoms with Crippen molar-refractivity contribution in [3.8, 4) is 0 Å². The van der Waals surface area contributed by atoms with E-state index in [-0.39, 0.29) is 30.2 Å². The highest BCUT2D eigenvalue weighted by atomic mass is 19.1. The van der Waals surface area contributed by atoms with Crippen molar-refractivity contribution in [2.75, 3.05) is 6.54 Å². The van der Waals surface area contributed by atoms with Crippen molar-refractivity contribution in [2.45, 2.75) is 18.9 Å². The highest BCUT2D eigenvalue weighted by molar-refractivity contribution is 5.21. The van der Waals surface area contributed by atoms with E-state index in [1.54, 1.807) is 0 Å². The van der Waals surface area contributed by atoms with Crippen molar-refractivity contribution in [2.24, 2.45) is 5.73 Å². The molecule has 5 nitrogen and oxygen atoms in total. The third kappa shape index (κ3) is 3.33. The zero-order valence-corrected chi connectivity index (χ0v) is 10.0. The molecular formula is C12H13F2N3O2. The van der Waals surface area contributed by atoms with E-state index < -0.39 is 17.7 Å². The molecule has 0 fully saturated rings. The van der Waals surface area contributed by atoms with Gasteiger partial charge in [0.1, 0.15) is 17.7 Å². The molecule has 0 amide bonds. The molecule has 0 aliphatic carbocycles. The maximum Gasteiger partial charge on any atom is 0.255 e. The van der Waals surface area contributed by atoms with Crippen molar-refractivity contribution >= 4 is 0 Å². The number of benzene rings is 1. The maximum absolute atomic E-state index is 13.4. The van der Waals surface area contributed by atoms with Gasteiger partial charge in [-0.2, -0.15) is 4.98 Å². The quantitative estimate of drug-likeness (QED) is 0.855. The van der Waals surface area contributed by atoms with Gasteiger partial charge in [-0.15, -0.1) is 0 Å². The highest BCUT2D eigenvalue weighted by Crippen LogP contribution is 2.16. The highest BCUT2D eigenvalue weighted by Gasteiger charge is 2.16. The molecule has 0 saturated carbocycles. The first-order chi connectivity index (χ1) is 9.10. The van der Waals surface area contributed by atoms with Crippen molar-refractivity contribution < 1.29 is 18.4 Å². The monoisotopic (exact) mass is 269 g/mol. The zero-order valence-electron chi connectivity index (χ0n) is 10.0. The molecule has 0 radical (unpaired) electrons. The summed E-state index contributed by atoms with van der Waals surface area (Å²) in [5.74, 6) is -1.05. The lowest BCUT2D eigenvalue weighted by Crippen LogP contribution is -2.07. The van der Waals surface area contributed by atoms with E-state index in [4.69, 9.17) is 10.3 Å². The Kier molecular flexibility index (Phi) is 4.18. The van der Waals surface area contributed by atoms with Crippen LogP contribution in [0, 0.1) is 11.6 Å². The lowest BCUT2D eigenvalue weighted by Gasteiger charge is -2.01. The molecule has 1 atom stereocenters. The number of rotatable bonds is 5. The van der Waals surface area contributed by atoms with Crippen molar-refractivity contribution in [3.05, 3.63) is 47.1 Å². The topological polar surface area (TPSA) is 85.2 Å². The van der Waals surface area contributed by atoms with Crippen molar-refractivity contribution in [1.29, 1.82) is 0 Å². The van der Waals surface area contributed by atoms with Gasteiger partial charge in [0.2, 0.25) is 0 Å². The van der Waals surface area contributed by atoms with Crippen LogP contribution in [0.3, 0.4) is 0 Å². The Hall–Kier alpha value is -1.86.